The van der Waals surface area contributed by atoms with Crippen LogP contribution in [0.3, 0.4) is 0 Å². The first-order valence-corrected chi connectivity index (χ1v) is 13.7. The minimum atomic E-state index is -5.26. The molecule has 1 heterocycles. The van der Waals surface area contributed by atoms with Crippen LogP contribution in [0.5, 0.6) is 11.5 Å². The van der Waals surface area contributed by atoms with Crippen LogP contribution < -0.4 is 9.47 Å². The number of allylic oxidation sites excluding steroid dienone is 1. The first kappa shape index (κ1) is 33.0. The van der Waals surface area contributed by atoms with Crippen molar-refractivity contribution in [2.45, 2.75) is 25.3 Å². The van der Waals surface area contributed by atoms with Crippen LogP contribution >= 0.6 is 0 Å². The van der Waals surface area contributed by atoms with E-state index in [-0.39, 0.29) is 11.6 Å². The first-order chi connectivity index (χ1) is 22.2. The van der Waals surface area contributed by atoms with Crippen molar-refractivity contribution in [3.8, 4) is 45.1 Å². The number of aryl methyl sites for hydroxylation is 1. The normalized spacial score (nSPS) is 11.8. The molecule has 4 aromatic carbocycles. The van der Waals surface area contributed by atoms with Crippen LogP contribution in [0.25, 0.3) is 33.6 Å². The highest BCUT2D eigenvalue weighted by molar-refractivity contribution is 5.73. The molecular formula is C34H21F9N2O2. The van der Waals surface area contributed by atoms with E-state index in [0.717, 1.165) is 24.5 Å². The molecule has 242 valence electrons. The summed E-state index contributed by atoms with van der Waals surface area (Å²) in [7, 11) is 0. The number of aromatic nitrogens is 2. The van der Waals surface area contributed by atoms with Crippen molar-refractivity contribution in [3.63, 3.8) is 0 Å². The zero-order chi connectivity index (χ0) is 33.9. The van der Waals surface area contributed by atoms with Gasteiger partial charge in [-0.25, -0.2) is 27.5 Å². The zero-order valence-electron chi connectivity index (χ0n) is 23.9. The van der Waals surface area contributed by atoms with E-state index in [2.05, 4.69) is 26.0 Å². The predicted molar refractivity (Wildman–Crippen MR) is 154 cm³/mol. The van der Waals surface area contributed by atoms with Crippen LogP contribution in [-0.2, 0) is 12.5 Å². The lowest BCUT2D eigenvalue weighted by molar-refractivity contribution is -0.275. The predicted octanol–water partition coefficient (Wildman–Crippen LogP) is 10.2. The Bertz CT molecular complexity index is 1890. The van der Waals surface area contributed by atoms with E-state index in [0.29, 0.717) is 46.8 Å². The third kappa shape index (κ3) is 7.74. The van der Waals surface area contributed by atoms with Crippen LogP contribution in [0.15, 0.2) is 97.8 Å². The fraction of sp³-hybridized carbons (Fsp3) is 0.118. The van der Waals surface area contributed by atoms with Crippen molar-refractivity contribution in [1.82, 2.24) is 9.97 Å². The largest absolute Gasteiger partial charge is 0.573 e. The molecule has 5 rings (SSSR count). The Labute approximate surface area is 261 Å². The quantitative estimate of drug-likeness (QED) is 0.111. The number of hydrogen-bond donors (Lipinski definition) is 0. The summed E-state index contributed by atoms with van der Waals surface area (Å²) >= 11 is 0. The average Bonchev–Trinajstić information content (AvgIpc) is 3.00. The van der Waals surface area contributed by atoms with Gasteiger partial charge in [-0.3, -0.25) is 0 Å². The smallest absolute Gasteiger partial charge is 0.429 e. The van der Waals surface area contributed by atoms with E-state index >= 15 is 4.39 Å². The molecule has 0 N–H and O–H groups in total. The molecule has 0 atom stereocenters. The van der Waals surface area contributed by atoms with Gasteiger partial charge in [0.15, 0.2) is 17.4 Å². The minimum Gasteiger partial charge on any atom is -0.429 e. The van der Waals surface area contributed by atoms with Crippen LogP contribution in [-0.4, -0.2) is 16.3 Å². The third-order valence-electron chi connectivity index (χ3n) is 6.81. The van der Waals surface area contributed by atoms with Crippen molar-refractivity contribution in [3.05, 3.63) is 132 Å². The molecule has 0 aliphatic rings. The number of alkyl halides is 5. The summed E-state index contributed by atoms with van der Waals surface area (Å²) in [5.74, 6) is -8.17. The molecule has 0 bridgehead atoms. The molecule has 0 aliphatic heterocycles. The molecule has 0 saturated heterocycles. The van der Waals surface area contributed by atoms with E-state index in [1.807, 2.05) is 0 Å². The number of hydrogen-bond acceptors (Lipinski definition) is 4. The highest BCUT2D eigenvalue weighted by Crippen LogP contribution is 2.39. The molecule has 5 aromatic rings. The first-order valence-electron chi connectivity index (χ1n) is 13.7. The van der Waals surface area contributed by atoms with Gasteiger partial charge in [-0.2, -0.15) is 8.78 Å². The molecule has 0 spiro atoms. The SMILES string of the molecule is C=CCCc1cnc(-c2ccc(-c3ccc(-c4cc(F)c(C(F)(F)Oc5ccc(OC(F)(F)F)c(F)c5)c(F)c4)c(F)c3)cc2)nc1. The average molecular weight is 661 g/mol. The van der Waals surface area contributed by atoms with Crippen molar-refractivity contribution < 1.29 is 49.0 Å². The molecule has 0 amide bonds. The molecule has 47 heavy (non-hydrogen) atoms. The Morgan fingerprint density at radius 3 is 1.81 bits per heavy atom. The summed E-state index contributed by atoms with van der Waals surface area (Å²) in [5, 5.41) is 0. The standard InChI is InChI=1S/C34H21F9N2O2/c1-2-3-4-19-17-44-32(45-18-19)21-7-5-20(6-8-21)22-9-11-25(26(35)13-22)23-14-28(37)31(29(38)15-23)33(39,40)46-24-10-12-30(27(36)16-24)47-34(41,42)43/h2,5-18H,1,3-4H2. The van der Waals surface area contributed by atoms with Gasteiger partial charge in [-0.1, -0.05) is 42.5 Å². The summed E-state index contributed by atoms with van der Waals surface area (Å²) in [6.45, 7) is 3.68. The molecule has 13 heteroatoms. The van der Waals surface area contributed by atoms with Crippen LogP contribution in [0.1, 0.15) is 17.5 Å². The Morgan fingerprint density at radius 2 is 1.23 bits per heavy atom. The maximum absolute atomic E-state index is 15.2. The van der Waals surface area contributed by atoms with Crippen LogP contribution in [0, 0.1) is 23.3 Å². The number of benzene rings is 4. The lowest BCUT2D eigenvalue weighted by atomic mass is 9.97. The van der Waals surface area contributed by atoms with E-state index in [1.165, 1.54) is 12.1 Å². The summed E-state index contributed by atoms with van der Waals surface area (Å²) in [4.78, 5) is 8.72. The Kier molecular flexibility index (Phi) is 9.27. The molecule has 0 saturated carbocycles. The Hall–Kier alpha value is -5.33. The second-order valence-electron chi connectivity index (χ2n) is 10.1. The highest BCUT2D eigenvalue weighted by atomic mass is 19.4. The van der Waals surface area contributed by atoms with Crippen molar-refractivity contribution >= 4 is 0 Å². The van der Waals surface area contributed by atoms with Gasteiger partial charge < -0.3 is 9.47 Å². The molecule has 0 aliphatic carbocycles. The van der Waals surface area contributed by atoms with Crippen molar-refractivity contribution in [2.24, 2.45) is 0 Å². The Morgan fingerprint density at radius 1 is 0.638 bits per heavy atom. The van der Waals surface area contributed by atoms with Gasteiger partial charge in [0.2, 0.25) is 0 Å². The second-order valence-corrected chi connectivity index (χ2v) is 10.1. The third-order valence-corrected chi connectivity index (χ3v) is 6.81. The number of ether oxygens (including phenoxy) is 2. The second kappa shape index (κ2) is 13.2. The Balaban J connectivity index is 1.34. The van der Waals surface area contributed by atoms with E-state index in [1.54, 1.807) is 42.7 Å². The molecule has 0 fully saturated rings. The lowest BCUT2D eigenvalue weighted by Crippen LogP contribution is -2.25. The summed E-state index contributed by atoms with van der Waals surface area (Å²) in [6.07, 6.45) is -3.21. The minimum absolute atomic E-state index is 0.125. The van der Waals surface area contributed by atoms with E-state index in [9.17, 15) is 35.1 Å². The monoisotopic (exact) mass is 660 g/mol. The van der Waals surface area contributed by atoms with E-state index < -0.39 is 58.4 Å². The summed E-state index contributed by atoms with van der Waals surface area (Å²) < 4.78 is 133. The van der Waals surface area contributed by atoms with Gasteiger partial charge in [-0.05, 0) is 65.4 Å². The molecular weight excluding hydrogens is 639 g/mol. The van der Waals surface area contributed by atoms with Crippen LogP contribution in [0.4, 0.5) is 39.5 Å². The number of halogens is 9. The van der Waals surface area contributed by atoms with Gasteiger partial charge in [0.25, 0.3) is 0 Å². The van der Waals surface area contributed by atoms with Gasteiger partial charge in [0.1, 0.15) is 28.8 Å². The zero-order valence-corrected chi connectivity index (χ0v) is 23.9. The topological polar surface area (TPSA) is 44.2 Å². The van der Waals surface area contributed by atoms with Gasteiger partial charge in [0.05, 0.1) is 0 Å². The molecule has 0 radical (unpaired) electrons. The maximum atomic E-state index is 15.2. The van der Waals surface area contributed by atoms with Gasteiger partial charge in [0, 0.05) is 29.6 Å². The number of rotatable bonds is 10. The molecule has 4 nitrogen and oxygen atoms in total. The van der Waals surface area contributed by atoms with Crippen LogP contribution in [0.2, 0.25) is 0 Å². The highest BCUT2D eigenvalue weighted by Gasteiger charge is 2.41. The summed E-state index contributed by atoms with van der Waals surface area (Å²) in [5.41, 5.74) is 0.0885. The van der Waals surface area contributed by atoms with Crippen molar-refractivity contribution in [2.75, 3.05) is 0 Å². The van der Waals surface area contributed by atoms with Crippen molar-refractivity contribution in [1.29, 1.82) is 0 Å². The van der Waals surface area contributed by atoms with Gasteiger partial charge in [-0.15, -0.1) is 19.8 Å². The maximum Gasteiger partial charge on any atom is 0.573 e. The fourth-order valence-corrected chi connectivity index (χ4v) is 4.60. The molecule has 0 unspecified atom stereocenters. The molecule has 1 aromatic heterocycles. The lowest BCUT2D eigenvalue weighted by Gasteiger charge is -2.20. The fourth-order valence-electron chi connectivity index (χ4n) is 4.60. The van der Waals surface area contributed by atoms with E-state index in [4.69, 9.17) is 0 Å². The number of nitrogens with zero attached hydrogens (tertiary/aromatic N) is 2. The summed E-state index contributed by atoms with van der Waals surface area (Å²) in [6, 6.07) is 12.6. The van der Waals surface area contributed by atoms with Gasteiger partial charge >= 0.3 is 12.5 Å².